The molecule has 7 nitrogen and oxygen atoms in total. The third-order valence-electron chi connectivity index (χ3n) is 3.17. The largest absolute Gasteiger partial charge is 0.366 e. The van der Waals surface area contributed by atoms with Crippen molar-refractivity contribution in [3.05, 3.63) is 52.9 Å². The standard InChI is InChI=1S/C9H14N2O3S.C7H5ClFNO/c1-3-6-11(2)9-5-4-8(7-10-9)15(12,13)14;8-6-3-4(9)1-2-5(6)7(10)11/h4-5,7H,3,6H2,1-2H3,(H,12,13,14);1-3H,(H2,10,11). The van der Waals surface area contributed by atoms with E-state index in [0.29, 0.717) is 5.82 Å². The summed E-state index contributed by atoms with van der Waals surface area (Å²) < 4.78 is 42.6. The molecule has 0 aliphatic carbocycles. The van der Waals surface area contributed by atoms with Crippen LogP contribution in [0.4, 0.5) is 10.2 Å². The number of hydrogen-bond donors (Lipinski definition) is 2. The number of nitrogens with zero attached hydrogens (tertiary/aromatic N) is 2. The highest BCUT2D eigenvalue weighted by molar-refractivity contribution is 7.85. The van der Waals surface area contributed by atoms with Crippen LogP contribution in [0.2, 0.25) is 5.02 Å². The Labute approximate surface area is 156 Å². The van der Waals surface area contributed by atoms with E-state index in [4.69, 9.17) is 21.9 Å². The van der Waals surface area contributed by atoms with Gasteiger partial charge in [0.1, 0.15) is 16.5 Å². The third kappa shape index (κ3) is 6.58. The maximum atomic E-state index is 12.4. The number of nitrogens with two attached hydrogens (primary N) is 1. The summed E-state index contributed by atoms with van der Waals surface area (Å²) in [5.74, 6) is -0.459. The molecule has 26 heavy (non-hydrogen) atoms. The van der Waals surface area contributed by atoms with Crippen LogP contribution in [0, 0.1) is 5.82 Å². The van der Waals surface area contributed by atoms with Crippen LogP contribution >= 0.6 is 11.6 Å². The van der Waals surface area contributed by atoms with Gasteiger partial charge in [-0.15, -0.1) is 0 Å². The Bertz CT molecular complexity index is 860. The molecule has 0 fully saturated rings. The molecule has 142 valence electrons. The van der Waals surface area contributed by atoms with Crippen molar-refractivity contribution in [1.82, 2.24) is 4.98 Å². The first-order valence-corrected chi connectivity index (χ1v) is 9.27. The minimum atomic E-state index is -4.14. The Balaban J connectivity index is 0.000000273. The van der Waals surface area contributed by atoms with Crippen molar-refractivity contribution < 1.29 is 22.2 Å². The smallest absolute Gasteiger partial charge is 0.296 e. The van der Waals surface area contributed by atoms with Crippen molar-refractivity contribution in [3.63, 3.8) is 0 Å². The van der Waals surface area contributed by atoms with Gasteiger partial charge in [0, 0.05) is 13.6 Å². The molecule has 1 aromatic carbocycles. The summed E-state index contributed by atoms with van der Waals surface area (Å²) in [6.45, 7) is 2.89. The molecule has 1 aromatic heterocycles. The molecule has 0 radical (unpaired) electrons. The number of amides is 1. The van der Waals surface area contributed by atoms with Gasteiger partial charge in [0.25, 0.3) is 10.1 Å². The third-order valence-corrected chi connectivity index (χ3v) is 4.32. The van der Waals surface area contributed by atoms with Crippen LogP contribution in [0.1, 0.15) is 23.7 Å². The van der Waals surface area contributed by atoms with Crippen molar-refractivity contribution in [2.75, 3.05) is 18.5 Å². The van der Waals surface area contributed by atoms with E-state index in [9.17, 15) is 17.6 Å². The molecule has 0 unspecified atom stereocenters. The van der Waals surface area contributed by atoms with Crippen LogP contribution < -0.4 is 10.6 Å². The highest BCUT2D eigenvalue weighted by Gasteiger charge is 2.10. The van der Waals surface area contributed by atoms with Gasteiger partial charge >= 0.3 is 0 Å². The fourth-order valence-electron chi connectivity index (χ4n) is 1.89. The average molecular weight is 404 g/mol. The van der Waals surface area contributed by atoms with Crippen LogP contribution in [0.5, 0.6) is 0 Å². The number of aromatic nitrogens is 1. The van der Waals surface area contributed by atoms with Crippen molar-refractivity contribution in [2.45, 2.75) is 18.2 Å². The lowest BCUT2D eigenvalue weighted by Crippen LogP contribution is -2.19. The van der Waals surface area contributed by atoms with Gasteiger partial charge < -0.3 is 10.6 Å². The first-order valence-electron chi connectivity index (χ1n) is 7.45. The molecule has 0 saturated heterocycles. The van der Waals surface area contributed by atoms with Gasteiger partial charge in [-0.1, -0.05) is 18.5 Å². The second-order valence-electron chi connectivity index (χ2n) is 5.24. The van der Waals surface area contributed by atoms with Crippen LogP contribution in [0.3, 0.4) is 0 Å². The lowest BCUT2D eigenvalue weighted by atomic mass is 10.2. The fourth-order valence-corrected chi connectivity index (χ4v) is 2.58. The first kappa shape index (κ1) is 21.8. The Morgan fingerprint density at radius 2 is 2.00 bits per heavy atom. The van der Waals surface area contributed by atoms with E-state index in [1.807, 2.05) is 18.9 Å². The molecule has 0 aliphatic heterocycles. The lowest BCUT2D eigenvalue weighted by Gasteiger charge is -2.16. The number of rotatable bonds is 5. The minimum absolute atomic E-state index is 0.0394. The van der Waals surface area contributed by atoms with Crippen molar-refractivity contribution in [3.8, 4) is 0 Å². The van der Waals surface area contributed by atoms with Gasteiger partial charge in [-0.05, 0) is 36.8 Å². The molecule has 0 aliphatic rings. The average Bonchev–Trinajstić information content (AvgIpc) is 2.54. The topological polar surface area (TPSA) is 114 Å². The van der Waals surface area contributed by atoms with Gasteiger partial charge in [-0.3, -0.25) is 9.35 Å². The summed E-state index contributed by atoms with van der Waals surface area (Å²) >= 11 is 5.48. The van der Waals surface area contributed by atoms with E-state index in [0.717, 1.165) is 31.3 Å². The second kappa shape index (κ2) is 9.46. The lowest BCUT2D eigenvalue weighted by molar-refractivity contribution is 0.100. The predicted molar refractivity (Wildman–Crippen MR) is 97.5 cm³/mol. The van der Waals surface area contributed by atoms with Crippen molar-refractivity contribution in [2.24, 2.45) is 5.73 Å². The molecule has 2 aromatic rings. The number of halogens is 2. The van der Waals surface area contributed by atoms with E-state index in [1.54, 1.807) is 6.07 Å². The Hall–Kier alpha value is -2.23. The van der Waals surface area contributed by atoms with Crippen molar-refractivity contribution in [1.29, 1.82) is 0 Å². The number of carbonyl (C=O) groups excluding carboxylic acids is 1. The molecular weight excluding hydrogens is 385 g/mol. The van der Waals surface area contributed by atoms with E-state index >= 15 is 0 Å². The summed E-state index contributed by atoms with van der Waals surface area (Å²) in [5, 5.41) is 0.0394. The predicted octanol–water partition coefficient (Wildman–Crippen LogP) is 2.75. The Kier molecular flexibility index (Phi) is 7.94. The summed E-state index contributed by atoms with van der Waals surface area (Å²) in [7, 11) is -2.26. The maximum Gasteiger partial charge on any atom is 0.296 e. The molecule has 0 spiro atoms. The summed E-state index contributed by atoms with van der Waals surface area (Å²) in [4.78, 5) is 16.2. The van der Waals surface area contributed by atoms with E-state index in [1.165, 1.54) is 12.1 Å². The highest BCUT2D eigenvalue weighted by atomic mass is 35.5. The second-order valence-corrected chi connectivity index (χ2v) is 7.07. The number of benzene rings is 1. The van der Waals surface area contributed by atoms with Gasteiger partial charge in [0.2, 0.25) is 5.91 Å². The number of carbonyl (C=O) groups is 1. The molecular formula is C16H19ClFN3O4S. The van der Waals surface area contributed by atoms with E-state index < -0.39 is 21.8 Å². The number of anilines is 1. The summed E-state index contributed by atoms with van der Waals surface area (Å²) in [6.07, 6.45) is 2.13. The van der Waals surface area contributed by atoms with Crippen LogP contribution in [-0.2, 0) is 10.1 Å². The van der Waals surface area contributed by atoms with Crippen molar-refractivity contribution >= 4 is 33.4 Å². The van der Waals surface area contributed by atoms with Crippen LogP contribution in [-0.4, -0.2) is 37.5 Å². The number of hydrogen-bond acceptors (Lipinski definition) is 5. The Morgan fingerprint density at radius 3 is 2.42 bits per heavy atom. The molecule has 0 saturated carbocycles. The molecule has 3 N–H and O–H groups in total. The molecule has 10 heteroatoms. The quantitative estimate of drug-likeness (QED) is 0.742. The number of pyridine rings is 1. The number of primary amides is 1. The summed E-state index contributed by atoms with van der Waals surface area (Å²) in [6, 6.07) is 6.33. The summed E-state index contributed by atoms with van der Waals surface area (Å²) in [5.41, 5.74) is 5.05. The van der Waals surface area contributed by atoms with Gasteiger partial charge in [-0.25, -0.2) is 9.37 Å². The van der Waals surface area contributed by atoms with Crippen LogP contribution in [0.15, 0.2) is 41.4 Å². The fraction of sp³-hybridized carbons (Fsp3) is 0.250. The Morgan fingerprint density at radius 1 is 1.35 bits per heavy atom. The molecule has 1 heterocycles. The zero-order valence-electron chi connectivity index (χ0n) is 14.2. The zero-order chi connectivity index (χ0) is 19.9. The van der Waals surface area contributed by atoms with Gasteiger partial charge in [0.05, 0.1) is 16.8 Å². The zero-order valence-corrected chi connectivity index (χ0v) is 15.8. The highest BCUT2D eigenvalue weighted by Crippen LogP contribution is 2.16. The van der Waals surface area contributed by atoms with E-state index in [-0.39, 0.29) is 15.5 Å². The van der Waals surface area contributed by atoms with E-state index in [2.05, 4.69) is 4.98 Å². The monoisotopic (exact) mass is 403 g/mol. The molecule has 0 bridgehead atoms. The van der Waals surface area contributed by atoms with Gasteiger partial charge in [-0.2, -0.15) is 8.42 Å². The SMILES string of the molecule is CCCN(C)c1ccc(S(=O)(=O)O)cn1.NC(=O)c1ccc(F)cc1Cl. The molecule has 1 amide bonds. The molecule has 0 atom stereocenters. The maximum absolute atomic E-state index is 12.4. The minimum Gasteiger partial charge on any atom is -0.366 e. The first-order chi connectivity index (χ1) is 12.1. The normalized spacial score (nSPS) is 10.7. The van der Waals surface area contributed by atoms with Gasteiger partial charge in [0.15, 0.2) is 0 Å². The van der Waals surface area contributed by atoms with Crippen LogP contribution in [0.25, 0.3) is 0 Å². The molecule has 2 rings (SSSR count).